The number of amides is 2. The molecule has 0 spiro atoms. The van der Waals surface area contributed by atoms with Gasteiger partial charge in [-0.25, -0.2) is 10.4 Å². The smallest absolute Gasteiger partial charge is 0.262 e. The molecule has 1 N–H and O–H groups in total. The van der Waals surface area contributed by atoms with Gasteiger partial charge in [0.25, 0.3) is 11.5 Å². The second-order valence-electron chi connectivity index (χ2n) is 6.02. The molecule has 1 fully saturated rings. The second-order valence-corrected chi connectivity index (χ2v) is 8.27. The van der Waals surface area contributed by atoms with Crippen LogP contribution in [0.3, 0.4) is 0 Å². The van der Waals surface area contributed by atoms with E-state index >= 15 is 0 Å². The Kier molecular flexibility index (Phi) is 6.40. The van der Waals surface area contributed by atoms with Gasteiger partial charge in [0.15, 0.2) is 10.3 Å². The third-order valence-electron chi connectivity index (χ3n) is 4.19. The van der Waals surface area contributed by atoms with E-state index < -0.39 is 0 Å². The average molecular weight is 420 g/mol. The third kappa shape index (κ3) is 4.07. The van der Waals surface area contributed by atoms with Gasteiger partial charge >= 0.3 is 0 Å². The lowest BCUT2D eigenvalue weighted by Gasteiger charge is -2.13. The van der Waals surface area contributed by atoms with E-state index in [1.807, 2.05) is 26.8 Å². The fraction of sp³-hybridized carbons (Fsp3) is 0.389. The summed E-state index contributed by atoms with van der Waals surface area (Å²) in [5.74, 6) is -0.282. The zero-order valence-electron chi connectivity index (χ0n) is 15.8. The molecule has 2 amide bonds. The molecule has 1 saturated heterocycles. The summed E-state index contributed by atoms with van der Waals surface area (Å²) in [4.78, 5) is 42.9. The number of aromatic nitrogens is 2. The summed E-state index contributed by atoms with van der Waals surface area (Å²) in [6.45, 7) is 6.50. The van der Waals surface area contributed by atoms with Gasteiger partial charge in [-0.3, -0.25) is 23.9 Å². The fourth-order valence-corrected chi connectivity index (χ4v) is 4.62. The number of nitrogens with one attached hydrogen (secondary N) is 1. The number of rotatable bonds is 6. The fourth-order valence-electron chi connectivity index (χ4n) is 2.77. The highest BCUT2D eigenvalue weighted by molar-refractivity contribution is 8.15. The van der Waals surface area contributed by atoms with Gasteiger partial charge in [-0.15, -0.1) is 5.10 Å². The van der Waals surface area contributed by atoms with E-state index in [0.29, 0.717) is 34.3 Å². The lowest BCUT2D eigenvalue weighted by Crippen LogP contribution is -2.33. The van der Waals surface area contributed by atoms with E-state index in [1.54, 1.807) is 27.7 Å². The summed E-state index contributed by atoms with van der Waals surface area (Å²) in [5.41, 5.74) is 2.97. The Morgan fingerprint density at radius 1 is 1.29 bits per heavy atom. The van der Waals surface area contributed by atoms with Gasteiger partial charge in [-0.1, -0.05) is 35.7 Å². The van der Waals surface area contributed by atoms with E-state index in [9.17, 15) is 14.4 Å². The van der Waals surface area contributed by atoms with Crippen molar-refractivity contribution in [2.45, 2.75) is 37.7 Å². The molecular formula is C18H21N5O3S2. The molecule has 1 aliphatic heterocycles. The van der Waals surface area contributed by atoms with Gasteiger partial charge < -0.3 is 0 Å². The normalized spacial score (nSPS) is 18.2. The first kappa shape index (κ1) is 20.4. The minimum Gasteiger partial charge on any atom is -0.289 e. The van der Waals surface area contributed by atoms with Crippen LogP contribution in [0, 0.1) is 0 Å². The van der Waals surface area contributed by atoms with Crippen molar-refractivity contribution in [1.82, 2.24) is 19.9 Å². The van der Waals surface area contributed by atoms with Gasteiger partial charge in [0.2, 0.25) is 5.91 Å². The maximum absolute atomic E-state index is 12.6. The van der Waals surface area contributed by atoms with Gasteiger partial charge in [-0.05, 0) is 32.9 Å². The quantitative estimate of drug-likeness (QED) is 0.436. The molecule has 0 aliphatic carbocycles. The second kappa shape index (κ2) is 8.78. The van der Waals surface area contributed by atoms with Crippen molar-refractivity contribution < 1.29 is 9.59 Å². The molecule has 2 aromatic rings. The number of benzene rings is 1. The topological polar surface area (TPSA) is 96.7 Å². The summed E-state index contributed by atoms with van der Waals surface area (Å²) >= 11 is 2.50. The number of thioether (sulfide) groups is 2. The molecule has 1 atom stereocenters. The highest BCUT2D eigenvalue weighted by Crippen LogP contribution is 2.26. The summed E-state index contributed by atoms with van der Waals surface area (Å²) in [6.07, 6.45) is 0. The van der Waals surface area contributed by atoms with Crippen LogP contribution in [-0.4, -0.2) is 49.0 Å². The summed E-state index contributed by atoms with van der Waals surface area (Å²) in [5, 5.41) is 5.42. The summed E-state index contributed by atoms with van der Waals surface area (Å²) in [7, 11) is 0. The van der Waals surface area contributed by atoms with Gasteiger partial charge in [0, 0.05) is 13.1 Å². The Bertz CT molecular complexity index is 1000. The van der Waals surface area contributed by atoms with E-state index in [0.717, 1.165) is 0 Å². The Morgan fingerprint density at radius 2 is 2.04 bits per heavy atom. The SMILES string of the molecule is CCN1C(=O)[C@@H](C)S/C1=N/NC(=O)CSc1nc2ccccc2c(=O)n1CC. The maximum atomic E-state index is 12.6. The standard InChI is InChI=1S/C18H21N5O3S2/c1-4-22-15(25)11(3)28-18(22)21-20-14(24)10-27-17-19-13-9-7-6-8-12(13)16(26)23(17)5-2/h6-9,11H,4-5,10H2,1-3H3,(H,20,24)/b21-18+/t11-/m1/s1. The van der Waals surface area contributed by atoms with E-state index in [1.165, 1.54) is 23.5 Å². The number of carbonyl (C=O) groups excluding carboxylic acids is 2. The predicted octanol–water partition coefficient (Wildman–Crippen LogP) is 1.88. The minimum absolute atomic E-state index is 0.0119. The highest BCUT2D eigenvalue weighted by atomic mass is 32.2. The molecule has 148 valence electrons. The van der Waals surface area contributed by atoms with Gasteiger partial charge in [0.05, 0.1) is 21.9 Å². The molecule has 1 aliphatic rings. The average Bonchev–Trinajstić information content (AvgIpc) is 2.98. The van der Waals surface area contributed by atoms with E-state index in [-0.39, 0.29) is 28.4 Å². The van der Waals surface area contributed by atoms with Crippen LogP contribution < -0.4 is 11.0 Å². The number of hydrogen-bond donors (Lipinski definition) is 1. The third-order valence-corrected chi connectivity index (χ3v) is 6.25. The first-order chi connectivity index (χ1) is 13.5. The molecule has 2 heterocycles. The van der Waals surface area contributed by atoms with E-state index in [4.69, 9.17) is 0 Å². The molecule has 1 aromatic heterocycles. The molecule has 10 heteroatoms. The summed E-state index contributed by atoms with van der Waals surface area (Å²) < 4.78 is 1.55. The minimum atomic E-state index is -0.328. The Hall–Kier alpha value is -2.33. The first-order valence-electron chi connectivity index (χ1n) is 8.93. The van der Waals surface area contributed by atoms with Crippen LogP contribution in [0.2, 0.25) is 0 Å². The largest absolute Gasteiger partial charge is 0.289 e. The van der Waals surface area contributed by atoms with Crippen LogP contribution in [0.15, 0.2) is 39.3 Å². The van der Waals surface area contributed by atoms with Crippen molar-refractivity contribution in [2.75, 3.05) is 12.3 Å². The van der Waals surface area contributed by atoms with Crippen LogP contribution in [0.4, 0.5) is 0 Å². The Labute approximate surface area is 170 Å². The Morgan fingerprint density at radius 3 is 2.75 bits per heavy atom. The van der Waals surface area contributed by atoms with Crippen LogP contribution in [0.5, 0.6) is 0 Å². The van der Waals surface area contributed by atoms with Gasteiger partial charge in [0.1, 0.15) is 0 Å². The number of carbonyl (C=O) groups is 2. The molecule has 1 aromatic carbocycles. The summed E-state index contributed by atoms with van der Waals surface area (Å²) in [6, 6.07) is 7.15. The van der Waals surface area contributed by atoms with Crippen molar-refractivity contribution in [3.63, 3.8) is 0 Å². The Balaban J connectivity index is 1.70. The first-order valence-corrected chi connectivity index (χ1v) is 10.8. The molecular weight excluding hydrogens is 398 g/mol. The predicted molar refractivity (Wildman–Crippen MR) is 112 cm³/mol. The van der Waals surface area contributed by atoms with Gasteiger partial charge in [-0.2, -0.15) is 0 Å². The zero-order chi connectivity index (χ0) is 20.3. The van der Waals surface area contributed by atoms with Crippen molar-refractivity contribution in [3.05, 3.63) is 34.6 Å². The molecule has 0 bridgehead atoms. The number of amidine groups is 1. The van der Waals surface area contributed by atoms with E-state index in [2.05, 4.69) is 15.5 Å². The molecule has 0 saturated carbocycles. The van der Waals surface area contributed by atoms with Crippen LogP contribution >= 0.6 is 23.5 Å². The van der Waals surface area contributed by atoms with Crippen molar-refractivity contribution in [2.24, 2.45) is 5.10 Å². The maximum Gasteiger partial charge on any atom is 0.262 e. The number of hydrogen-bond acceptors (Lipinski definition) is 7. The lowest BCUT2D eigenvalue weighted by molar-refractivity contribution is -0.126. The zero-order valence-corrected chi connectivity index (χ0v) is 17.5. The number of nitrogens with zero attached hydrogens (tertiary/aromatic N) is 4. The van der Waals surface area contributed by atoms with Crippen molar-refractivity contribution in [3.8, 4) is 0 Å². The molecule has 28 heavy (non-hydrogen) atoms. The van der Waals surface area contributed by atoms with Crippen molar-refractivity contribution in [1.29, 1.82) is 0 Å². The van der Waals surface area contributed by atoms with Crippen LogP contribution in [0.25, 0.3) is 10.9 Å². The number of hydrazone groups is 1. The van der Waals surface area contributed by atoms with Crippen LogP contribution in [0.1, 0.15) is 20.8 Å². The molecule has 8 nitrogen and oxygen atoms in total. The monoisotopic (exact) mass is 419 g/mol. The number of para-hydroxylation sites is 1. The molecule has 0 radical (unpaired) electrons. The highest BCUT2D eigenvalue weighted by Gasteiger charge is 2.34. The number of fused-ring (bicyclic) bond motifs is 1. The van der Waals surface area contributed by atoms with Crippen LogP contribution in [-0.2, 0) is 16.1 Å². The molecule has 3 rings (SSSR count). The molecule has 0 unspecified atom stereocenters. The lowest BCUT2D eigenvalue weighted by atomic mass is 10.2. The van der Waals surface area contributed by atoms with Crippen molar-refractivity contribution >= 4 is 51.4 Å².